The van der Waals surface area contributed by atoms with E-state index < -0.39 is 0 Å². The van der Waals surface area contributed by atoms with Crippen LogP contribution < -0.4 is 5.73 Å². The van der Waals surface area contributed by atoms with Gasteiger partial charge in [-0.1, -0.05) is 4.49 Å². The zero-order valence-electron chi connectivity index (χ0n) is 3.26. The van der Waals surface area contributed by atoms with E-state index in [4.69, 9.17) is 5.73 Å². The zero-order valence-corrected chi connectivity index (χ0v) is 5.56. The molecule has 0 amide bonds. The van der Waals surface area contributed by atoms with Gasteiger partial charge in [-0.25, -0.2) is 0 Å². The van der Waals surface area contributed by atoms with Crippen molar-refractivity contribution in [3.05, 3.63) is 5.38 Å². The summed E-state index contributed by atoms with van der Waals surface area (Å²) in [6.45, 7) is 0. The van der Waals surface area contributed by atoms with Gasteiger partial charge < -0.3 is 5.73 Å². The monoisotopic (exact) mass is 208 g/mol. The summed E-state index contributed by atoms with van der Waals surface area (Å²) in [6.07, 6.45) is 0. The van der Waals surface area contributed by atoms with Gasteiger partial charge in [0.25, 0.3) is 0 Å². The van der Waals surface area contributed by atoms with Gasteiger partial charge in [0.05, 0.1) is 5.38 Å². The Bertz CT molecular complexity index is 116. The summed E-state index contributed by atoms with van der Waals surface area (Å²) in [5.41, 5.74) is 5.11. The molecule has 1 aromatic heterocycles. The van der Waals surface area contributed by atoms with Crippen LogP contribution in [0.1, 0.15) is 0 Å². The fourth-order valence-corrected chi connectivity index (χ4v) is 0.516. The van der Waals surface area contributed by atoms with Crippen LogP contribution in [0.5, 0.6) is 0 Å². The van der Waals surface area contributed by atoms with Gasteiger partial charge in [-0.3, -0.25) is 0 Å². The molecule has 0 aliphatic carbocycles. The van der Waals surface area contributed by atoms with Gasteiger partial charge in [0.1, 0.15) is 0 Å². The van der Waals surface area contributed by atoms with Crippen molar-refractivity contribution in [1.82, 2.24) is 9.59 Å². The molecule has 1 rings (SSSR count). The van der Waals surface area contributed by atoms with Crippen LogP contribution in [0.3, 0.4) is 0 Å². The van der Waals surface area contributed by atoms with E-state index >= 15 is 0 Å². The molecule has 7 heavy (non-hydrogen) atoms. The quantitative estimate of drug-likeness (QED) is 0.617. The summed E-state index contributed by atoms with van der Waals surface area (Å²) in [4.78, 5) is 0. The number of hydrogen-bond acceptors (Lipinski definition) is 4. The average Bonchev–Trinajstić information content (AvgIpc) is 1.86. The van der Waals surface area contributed by atoms with Gasteiger partial charge in [0, 0.05) is 22.4 Å². The van der Waals surface area contributed by atoms with Gasteiger partial charge in [0.2, 0.25) is 0 Å². The first-order valence-electron chi connectivity index (χ1n) is 1.42. The fraction of sp³-hybridized carbons (Fsp3) is 0. The Hall–Kier alpha value is 0.100. The minimum absolute atomic E-state index is 0. The van der Waals surface area contributed by atoms with Crippen LogP contribution in [0.2, 0.25) is 0 Å². The third kappa shape index (κ3) is 2.03. The van der Waals surface area contributed by atoms with E-state index in [0.29, 0.717) is 5.82 Å². The molecule has 0 spiro atoms. The van der Waals surface area contributed by atoms with E-state index in [1.165, 1.54) is 11.5 Å². The molecule has 0 aliphatic rings. The average molecular weight is 209 g/mol. The number of hydrogen-bond donors (Lipinski definition) is 1. The smallest absolute Gasteiger partial charge is 0.158 e. The second-order valence-electron chi connectivity index (χ2n) is 0.830. The number of nitrogens with zero attached hydrogens (tertiary/aromatic N) is 2. The Morgan fingerprint density at radius 3 is 2.57 bits per heavy atom. The predicted molar refractivity (Wildman–Crippen MR) is 24.3 cm³/mol. The van der Waals surface area contributed by atoms with Crippen LogP contribution in [-0.2, 0) is 22.4 Å². The summed E-state index contributed by atoms with van der Waals surface area (Å²) >= 11 is 1.25. The Kier molecular flexibility index (Phi) is 3.19. The topological polar surface area (TPSA) is 51.8 Å². The Morgan fingerprint density at radius 2 is 2.43 bits per heavy atom. The molecule has 1 heterocycles. The Morgan fingerprint density at radius 1 is 1.71 bits per heavy atom. The van der Waals surface area contributed by atoms with Crippen LogP contribution in [0.4, 0.5) is 5.82 Å². The first-order valence-corrected chi connectivity index (χ1v) is 2.26. The van der Waals surface area contributed by atoms with E-state index in [9.17, 15) is 0 Å². The summed E-state index contributed by atoms with van der Waals surface area (Å²) < 4.78 is 3.49. The van der Waals surface area contributed by atoms with Crippen molar-refractivity contribution < 1.29 is 22.4 Å². The molecule has 0 unspecified atom stereocenters. The summed E-state index contributed by atoms with van der Waals surface area (Å²) in [7, 11) is 0. The molecule has 0 atom stereocenters. The molecule has 0 saturated carbocycles. The Labute approximate surface area is 60.6 Å². The van der Waals surface area contributed by atoms with Crippen LogP contribution >= 0.6 is 11.5 Å². The maximum absolute atomic E-state index is 5.11. The van der Waals surface area contributed by atoms with Crippen LogP contribution in [0.25, 0.3) is 0 Å². The normalized spacial score (nSPS) is 7.43. The van der Waals surface area contributed by atoms with E-state index in [1.54, 1.807) is 5.38 Å². The fourth-order valence-electron chi connectivity index (χ4n) is 0.172. The van der Waals surface area contributed by atoms with Crippen molar-refractivity contribution in [1.29, 1.82) is 0 Å². The molecule has 5 heteroatoms. The van der Waals surface area contributed by atoms with Gasteiger partial charge in [-0.05, 0) is 11.5 Å². The molecule has 2 N–H and O–H groups in total. The van der Waals surface area contributed by atoms with E-state index in [2.05, 4.69) is 9.59 Å². The summed E-state index contributed by atoms with van der Waals surface area (Å²) in [5.74, 6) is 0.500. The first kappa shape index (κ1) is 7.10. The molecular weight excluding hydrogens is 206 g/mol. The molecule has 1 radical (unpaired) electrons. The number of rotatable bonds is 0. The van der Waals surface area contributed by atoms with Gasteiger partial charge in [-0.15, -0.1) is 5.10 Å². The SMILES string of the molecule is Nc1csnn1.[Ag]. The van der Waals surface area contributed by atoms with Crippen molar-refractivity contribution in [3.8, 4) is 0 Å². The van der Waals surface area contributed by atoms with Crippen LogP contribution in [0, 0.1) is 0 Å². The predicted octanol–water partition coefficient (Wildman–Crippen LogP) is 0.118. The summed E-state index contributed by atoms with van der Waals surface area (Å²) in [5, 5.41) is 5.14. The van der Waals surface area contributed by atoms with Crippen molar-refractivity contribution >= 4 is 17.4 Å². The van der Waals surface area contributed by atoms with Gasteiger partial charge in [-0.2, -0.15) is 0 Å². The molecule has 0 aliphatic heterocycles. The van der Waals surface area contributed by atoms with Gasteiger partial charge >= 0.3 is 0 Å². The minimum Gasteiger partial charge on any atom is -0.381 e. The minimum atomic E-state index is 0. The van der Waals surface area contributed by atoms with Crippen LogP contribution in [0.15, 0.2) is 5.38 Å². The Balaban J connectivity index is 0.000000360. The standard InChI is InChI=1S/C2H3N3S.Ag/c3-2-1-6-5-4-2;/h1H,3H2;. The van der Waals surface area contributed by atoms with Crippen molar-refractivity contribution in [2.75, 3.05) is 5.73 Å². The molecule has 3 nitrogen and oxygen atoms in total. The maximum Gasteiger partial charge on any atom is 0.158 e. The second kappa shape index (κ2) is 3.15. The molecule has 0 fully saturated rings. The maximum atomic E-state index is 5.11. The van der Waals surface area contributed by atoms with Crippen molar-refractivity contribution in [3.63, 3.8) is 0 Å². The third-order valence-electron chi connectivity index (χ3n) is 0.377. The summed E-state index contributed by atoms with van der Waals surface area (Å²) in [6, 6.07) is 0. The van der Waals surface area contributed by atoms with Crippen molar-refractivity contribution in [2.24, 2.45) is 0 Å². The molecular formula is C2H3AgN3S. The molecule has 43 valence electrons. The van der Waals surface area contributed by atoms with Gasteiger partial charge in [0.15, 0.2) is 5.82 Å². The molecule has 1 aromatic rings. The number of nitrogen functional groups attached to an aromatic ring is 1. The van der Waals surface area contributed by atoms with E-state index in [1.807, 2.05) is 0 Å². The number of anilines is 1. The largest absolute Gasteiger partial charge is 0.381 e. The second-order valence-corrected chi connectivity index (χ2v) is 1.44. The van der Waals surface area contributed by atoms with Crippen molar-refractivity contribution in [2.45, 2.75) is 0 Å². The first-order chi connectivity index (χ1) is 2.89. The molecule has 0 bridgehead atoms. The molecule has 0 saturated heterocycles. The van der Waals surface area contributed by atoms with Crippen LogP contribution in [-0.4, -0.2) is 9.59 Å². The third-order valence-corrected chi connectivity index (χ3v) is 0.900. The van der Waals surface area contributed by atoms with E-state index in [-0.39, 0.29) is 22.4 Å². The number of nitrogens with two attached hydrogens (primary N) is 1. The van der Waals surface area contributed by atoms with E-state index in [0.717, 1.165) is 0 Å². The number of aromatic nitrogens is 2. The zero-order chi connectivity index (χ0) is 4.41. The molecule has 0 aromatic carbocycles.